The minimum atomic E-state index is -0.160. The molecule has 2 atom stereocenters. The van der Waals surface area contributed by atoms with Crippen molar-refractivity contribution in [2.24, 2.45) is 0 Å². The fraction of sp³-hybridized carbons (Fsp3) is 1.00. The van der Waals surface area contributed by atoms with Crippen LogP contribution in [0.1, 0.15) is 32.6 Å². The Morgan fingerprint density at radius 1 is 1.29 bits per heavy atom. The van der Waals surface area contributed by atoms with Crippen LogP contribution >= 0.6 is 0 Å². The summed E-state index contributed by atoms with van der Waals surface area (Å²) in [4.78, 5) is 2.55. The zero-order valence-corrected chi connectivity index (χ0v) is 9.08. The van der Waals surface area contributed by atoms with Crippen molar-refractivity contribution in [3.8, 4) is 0 Å². The van der Waals surface area contributed by atoms with E-state index < -0.39 is 0 Å². The normalized spacial score (nSPS) is 33.4. The summed E-state index contributed by atoms with van der Waals surface area (Å²) >= 11 is 0. The Labute approximate surface area is 86.5 Å². The van der Waals surface area contributed by atoms with Crippen molar-refractivity contribution in [1.82, 2.24) is 10.2 Å². The third-order valence-electron chi connectivity index (χ3n) is 3.68. The number of aliphatic hydroxyl groups is 1. The summed E-state index contributed by atoms with van der Waals surface area (Å²) < 4.78 is 0. The molecule has 3 nitrogen and oxygen atoms in total. The number of nitrogens with zero attached hydrogens (tertiary/aromatic N) is 1. The standard InChI is InChI=1S/C11H22N2O/c1-9(14)11-3-2-8-13(11)10-4-6-12-7-5-10/h9-12,14H,2-8H2,1H3/t9-,11+/m0/s1. The topological polar surface area (TPSA) is 35.5 Å². The summed E-state index contributed by atoms with van der Waals surface area (Å²) in [5.74, 6) is 0. The molecule has 0 radical (unpaired) electrons. The van der Waals surface area contributed by atoms with E-state index in [1.807, 2.05) is 6.92 Å². The van der Waals surface area contributed by atoms with Gasteiger partial charge in [0.05, 0.1) is 6.10 Å². The number of piperidine rings is 1. The van der Waals surface area contributed by atoms with Crippen molar-refractivity contribution in [1.29, 1.82) is 0 Å². The Kier molecular flexibility index (Phi) is 3.42. The number of hydrogen-bond acceptors (Lipinski definition) is 3. The summed E-state index contributed by atoms with van der Waals surface area (Å²) in [5, 5.41) is 13.1. The zero-order valence-electron chi connectivity index (χ0n) is 9.08. The lowest BCUT2D eigenvalue weighted by molar-refractivity contribution is 0.0517. The van der Waals surface area contributed by atoms with Crippen molar-refractivity contribution in [2.45, 2.75) is 50.8 Å². The van der Waals surface area contributed by atoms with Crippen LogP contribution < -0.4 is 5.32 Å². The first kappa shape index (κ1) is 10.4. The number of aliphatic hydroxyl groups excluding tert-OH is 1. The monoisotopic (exact) mass is 198 g/mol. The fourth-order valence-corrected chi connectivity index (χ4v) is 2.92. The largest absolute Gasteiger partial charge is 0.392 e. The summed E-state index contributed by atoms with van der Waals surface area (Å²) in [6, 6.07) is 1.15. The van der Waals surface area contributed by atoms with Crippen LogP contribution in [-0.2, 0) is 0 Å². The van der Waals surface area contributed by atoms with E-state index in [0.29, 0.717) is 6.04 Å². The molecule has 0 amide bonds. The molecule has 0 aromatic rings. The summed E-state index contributed by atoms with van der Waals surface area (Å²) in [6.45, 7) is 5.42. The summed E-state index contributed by atoms with van der Waals surface area (Å²) in [7, 11) is 0. The molecule has 0 saturated carbocycles. The van der Waals surface area contributed by atoms with Gasteiger partial charge in [-0.3, -0.25) is 4.90 Å². The third-order valence-corrected chi connectivity index (χ3v) is 3.68. The highest BCUT2D eigenvalue weighted by atomic mass is 16.3. The first-order valence-electron chi connectivity index (χ1n) is 5.93. The molecule has 14 heavy (non-hydrogen) atoms. The van der Waals surface area contributed by atoms with Crippen molar-refractivity contribution in [3.63, 3.8) is 0 Å². The van der Waals surface area contributed by atoms with E-state index in [4.69, 9.17) is 0 Å². The predicted octanol–water partition coefficient (Wildman–Crippen LogP) is 0.584. The van der Waals surface area contributed by atoms with Gasteiger partial charge in [-0.05, 0) is 52.2 Å². The molecule has 2 N–H and O–H groups in total. The molecule has 0 aromatic carbocycles. The van der Waals surface area contributed by atoms with E-state index in [1.165, 1.54) is 32.2 Å². The molecule has 0 aliphatic carbocycles. The third kappa shape index (κ3) is 2.10. The van der Waals surface area contributed by atoms with E-state index in [2.05, 4.69) is 10.2 Å². The van der Waals surface area contributed by atoms with E-state index >= 15 is 0 Å². The lowest BCUT2D eigenvalue weighted by Gasteiger charge is -2.36. The van der Waals surface area contributed by atoms with Gasteiger partial charge in [0.1, 0.15) is 0 Å². The first-order chi connectivity index (χ1) is 6.79. The number of nitrogens with one attached hydrogen (secondary N) is 1. The first-order valence-corrected chi connectivity index (χ1v) is 5.93. The van der Waals surface area contributed by atoms with Crippen LogP contribution in [-0.4, -0.2) is 47.8 Å². The van der Waals surface area contributed by atoms with Gasteiger partial charge in [-0.15, -0.1) is 0 Å². The molecule has 0 aromatic heterocycles. The summed E-state index contributed by atoms with van der Waals surface area (Å²) in [6.07, 6.45) is 4.79. The minimum Gasteiger partial charge on any atom is -0.392 e. The van der Waals surface area contributed by atoms with Gasteiger partial charge < -0.3 is 10.4 Å². The van der Waals surface area contributed by atoms with Gasteiger partial charge in [-0.2, -0.15) is 0 Å². The van der Waals surface area contributed by atoms with Gasteiger partial charge in [0.2, 0.25) is 0 Å². The summed E-state index contributed by atoms with van der Waals surface area (Å²) in [5.41, 5.74) is 0. The van der Waals surface area contributed by atoms with Crippen LogP contribution in [0.5, 0.6) is 0 Å². The maximum atomic E-state index is 9.70. The van der Waals surface area contributed by atoms with E-state index in [9.17, 15) is 5.11 Å². The lowest BCUT2D eigenvalue weighted by Crippen LogP contribution is -2.48. The van der Waals surface area contributed by atoms with Crippen molar-refractivity contribution < 1.29 is 5.11 Å². The highest BCUT2D eigenvalue weighted by Crippen LogP contribution is 2.26. The molecule has 2 saturated heterocycles. The molecule has 2 aliphatic rings. The highest BCUT2D eigenvalue weighted by molar-refractivity contribution is 4.89. The minimum absolute atomic E-state index is 0.160. The second-order valence-electron chi connectivity index (χ2n) is 4.67. The van der Waals surface area contributed by atoms with Crippen LogP contribution in [0.2, 0.25) is 0 Å². The Morgan fingerprint density at radius 2 is 2.00 bits per heavy atom. The van der Waals surface area contributed by atoms with E-state index in [0.717, 1.165) is 19.1 Å². The SMILES string of the molecule is C[C@H](O)[C@H]1CCCN1C1CCNCC1. The molecule has 0 bridgehead atoms. The van der Waals surface area contributed by atoms with Crippen molar-refractivity contribution in [2.75, 3.05) is 19.6 Å². The van der Waals surface area contributed by atoms with Crippen LogP contribution in [0, 0.1) is 0 Å². The number of hydrogen-bond donors (Lipinski definition) is 2. The Balaban J connectivity index is 1.94. The maximum absolute atomic E-state index is 9.70. The average Bonchev–Trinajstić information content (AvgIpc) is 2.67. The zero-order chi connectivity index (χ0) is 9.97. The van der Waals surface area contributed by atoms with Crippen molar-refractivity contribution >= 4 is 0 Å². The van der Waals surface area contributed by atoms with Crippen LogP contribution in [0.4, 0.5) is 0 Å². The molecule has 82 valence electrons. The molecule has 2 fully saturated rings. The Morgan fingerprint density at radius 3 is 2.64 bits per heavy atom. The Hall–Kier alpha value is -0.120. The van der Waals surface area contributed by atoms with E-state index in [1.54, 1.807) is 0 Å². The van der Waals surface area contributed by atoms with Crippen molar-refractivity contribution in [3.05, 3.63) is 0 Å². The fourth-order valence-electron chi connectivity index (χ4n) is 2.92. The van der Waals surface area contributed by atoms with Gasteiger partial charge in [-0.25, -0.2) is 0 Å². The van der Waals surface area contributed by atoms with E-state index in [-0.39, 0.29) is 6.10 Å². The number of rotatable bonds is 2. The lowest BCUT2D eigenvalue weighted by atomic mass is 10.0. The predicted molar refractivity (Wildman–Crippen MR) is 57.3 cm³/mol. The molecule has 2 rings (SSSR count). The molecule has 2 heterocycles. The molecule has 0 unspecified atom stereocenters. The number of likely N-dealkylation sites (tertiary alicyclic amines) is 1. The average molecular weight is 198 g/mol. The molecular weight excluding hydrogens is 176 g/mol. The smallest absolute Gasteiger partial charge is 0.0667 e. The second kappa shape index (κ2) is 4.60. The molecule has 2 aliphatic heterocycles. The highest BCUT2D eigenvalue weighted by Gasteiger charge is 2.33. The quantitative estimate of drug-likeness (QED) is 0.681. The van der Waals surface area contributed by atoms with Crippen LogP contribution in [0.3, 0.4) is 0 Å². The van der Waals surface area contributed by atoms with Gasteiger partial charge in [0.15, 0.2) is 0 Å². The molecular formula is C11H22N2O. The van der Waals surface area contributed by atoms with Gasteiger partial charge in [0.25, 0.3) is 0 Å². The molecule has 0 spiro atoms. The molecule has 3 heteroatoms. The van der Waals surface area contributed by atoms with Crippen LogP contribution in [0.15, 0.2) is 0 Å². The maximum Gasteiger partial charge on any atom is 0.0667 e. The van der Waals surface area contributed by atoms with Gasteiger partial charge in [0, 0.05) is 12.1 Å². The Bertz CT molecular complexity index is 178. The van der Waals surface area contributed by atoms with Crippen LogP contribution in [0.25, 0.3) is 0 Å². The van der Waals surface area contributed by atoms with Gasteiger partial charge >= 0.3 is 0 Å². The van der Waals surface area contributed by atoms with Gasteiger partial charge in [-0.1, -0.05) is 0 Å². The second-order valence-corrected chi connectivity index (χ2v) is 4.67.